The van der Waals surface area contributed by atoms with Crippen LogP contribution in [0.2, 0.25) is 0 Å². The second kappa shape index (κ2) is 9.57. The van der Waals surface area contributed by atoms with Crippen molar-refractivity contribution in [2.45, 2.75) is 58.8 Å². The van der Waals surface area contributed by atoms with Crippen LogP contribution in [0.4, 0.5) is 0 Å². The third-order valence-corrected chi connectivity index (χ3v) is 4.11. The van der Waals surface area contributed by atoms with Crippen LogP contribution in [-0.4, -0.2) is 13.1 Å². The summed E-state index contributed by atoms with van der Waals surface area (Å²) in [7, 11) is 1.48. The summed E-state index contributed by atoms with van der Waals surface area (Å²) in [4.78, 5) is 11.8. The first-order valence-electron chi connectivity index (χ1n) is 7.70. The predicted molar refractivity (Wildman–Crippen MR) is 84.5 cm³/mol. The minimum absolute atomic E-state index is 0.0182. The Hall–Kier alpha value is -1.31. The Kier molecular flexibility index (Phi) is 8.01. The molecule has 2 heteroatoms. The van der Waals surface area contributed by atoms with Gasteiger partial charge in [0.2, 0.25) is 0 Å². The molecular formula is C18H28O2. The van der Waals surface area contributed by atoms with Gasteiger partial charge in [0.1, 0.15) is 0 Å². The molecule has 0 bridgehead atoms. The Morgan fingerprint density at radius 2 is 1.80 bits per heavy atom. The summed E-state index contributed by atoms with van der Waals surface area (Å²) in [6.45, 7) is 4.43. The van der Waals surface area contributed by atoms with Crippen molar-refractivity contribution >= 4 is 5.97 Å². The Balaban J connectivity index is 2.75. The normalized spacial score (nSPS) is 22.4. The van der Waals surface area contributed by atoms with Crippen molar-refractivity contribution in [3.63, 3.8) is 0 Å². The van der Waals surface area contributed by atoms with Crippen LogP contribution < -0.4 is 0 Å². The highest BCUT2D eigenvalue weighted by Crippen LogP contribution is 2.22. The number of rotatable bonds is 1. The molecule has 0 aliphatic heterocycles. The number of esters is 1. The lowest BCUT2D eigenvalue weighted by Gasteiger charge is -2.14. The average Bonchev–Trinajstić information content (AvgIpc) is 2.46. The Bertz CT molecular complexity index is 388. The molecule has 20 heavy (non-hydrogen) atoms. The number of hydrogen-bond donors (Lipinski definition) is 0. The number of methoxy groups -OCH3 is 1. The van der Waals surface area contributed by atoms with Crippen molar-refractivity contribution in [3.8, 4) is 0 Å². The quantitative estimate of drug-likeness (QED) is 0.499. The van der Waals surface area contributed by atoms with E-state index in [1.54, 1.807) is 0 Å². The second-order valence-electron chi connectivity index (χ2n) is 5.66. The van der Waals surface area contributed by atoms with Gasteiger partial charge >= 0.3 is 5.97 Å². The van der Waals surface area contributed by atoms with E-state index >= 15 is 0 Å². The molecule has 1 atom stereocenters. The van der Waals surface area contributed by atoms with E-state index in [9.17, 15) is 4.79 Å². The van der Waals surface area contributed by atoms with Crippen LogP contribution in [-0.2, 0) is 9.53 Å². The van der Waals surface area contributed by atoms with Gasteiger partial charge in [-0.3, -0.25) is 4.79 Å². The number of hydrogen-bond acceptors (Lipinski definition) is 2. The van der Waals surface area contributed by atoms with Gasteiger partial charge in [-0.2, -0.15) is 0 Å². The smallest absolute Gasteiger partial charge is 0.308 e. The Morgan fingerprint density at radius 1 is 1.10 bits per heavy atom. The summed E-state index contributed by atoms with van der Waals surface area (Å²) in [5.41, 5.74) is 2.93. The molecule has 0 aromatic carbocycles. The van der Waals surface area contributed by atoms with Crippen molar-refractivity contribution in [3.05, 3.63) is 35.5 Å². The molecule has 0 N–H and O–H groups in total. The highest BCUT2D eigenvalue weighted by atomic mass is 16.5. The molecule has 0 heterocycles. The third kappa shape index (κ3) is 6.23. The molecule has 0 saturated heterocycles. The Morgan fingerprint density at radius 3 is 2.55 bits per heavy atom. The van der Waals surface area contributed by atoms with E-state index in [4.69, 9.17) is 4.74 Å². The summed E-state index contributed by atoms with van der Waals surface area (Å²) in [5, 5.41) is 0. The minimum Gasteiger partial charge on any atom is -0.469 e. The topological polar surface area (TPSA) is 26.3 Å². The molecule has 1 aliphatic carbocycles. The molecule has 1 aliphatic rings. The SMILES string of the molecule is COC(=O)C1CC=CC=CCCCCC(C)=C(C)CC1. The van der Waals surface area contributed by atoms with Crippen molar-refractivity contribution in [1.82, 2.24) is 0 Å². The standard InChI is InChI=1S/C18H28O2/c1-15-11-9-7-5-4-6-8-10-12-17(18(19)20-3)14-13-16(15)2/h4,6,8,10,17H,5,7,9,11-14H2,1-3H3. The molecule has 0 spiro atoms. The fourth-order valence-corrected chi connectivity index (χ4v) is 2.46. The van der Waals surface area contributed by atoms with Crippen LogP contribution in [0.25, 0.3) is 0 Å². The lowest BCUT2D eigenvalue weighted by molar-refractivity contribution is -0.145. The van der Waals surface area contributed by atoms with Crippen LogP contribution in [0.5, 0.6) is 0 Å². The van der Waals surface area contributed by atoms with Gasteiger partial charge < -0.3 is 4.74 Å². The van der Waals surface area contributed by atoms with Crippen LogP contribution in [0, 0.1) is 5.92 Å². The summed E-state index contributed by atoms with van der Waals surface area (Å²) in [6.07, 6.45) is 15.9. The molecule has 0 amide bonds. The van der Waals surface area contributed by atoms with Gasteiger partial charge in [-0.25, -0.2) is 0 Å². The fourth-order valence-electron chi connectivity index (χ4n) is 2.46. The molecule has 0 aromatic rings. The molecule has 1 unspecified atom stereocenters. The van der Waals surface area contributed by atoms with Crippen LogP contribution in [0.1, 0.15) is 58.8 Å². The predicted octanol–water partition coefficient (Wildman–Crippen LogP) is 4.97. The summed E-state index contributed by atoms with van der Waals surface area (Å²) in [6, 6.07) is 0. The van der Waals surface area contributed by atoms with Crippen molar-refractivity contribution in [2.24, 2.45) is 5.92 Å². The van der Waals surface area contributed by atoms with Gasteiger partial charge in [-0.05, 0) is 58.8 Å². The second-order valence-corrected chi connectivity index (χ2v) is 5.66. The number of ether oxygens (including phenoxy) is 1. The zero-order chi connectivity index (χ0) is 14.8. The lowest BCUT2D eigenvalue weighted by atomic mass is 9.93. The van der Waals surface area contributed by atoms with Gasteiger partial charge in [0, 0.05) is 0 Å². The molecule has 0 aromatic heterocycles. The van der Waals surface area contributed by atoms with Crippen molar-refractivity contribution in [2.75, 3.05) is 7.11 Å². The minimum atomic E-state index is -0.0869. The van der Waals surface area contributed by atoms with E-state index in [-0.39, 0.29) is 11.9 Å². The maximum absolute atomic E-state index is 11.8. The molecule has 0 fully saturated rings. The van der Waals surface area contributed by atoms with Gasteiger partial charge in [-0.1, -0.05) is 35.5 Å². The number of allylic oxidation sites excluding steroid dienone is 6. The number of carbonyl (C=O) groups excluding carboxylic acids is 1. The highest BCUT2D eigenvalue weighted by molar-refractivity contribution is 5.72. The van der Waals surface area contributed by atoms with E-state index < -0.39 is 0 Å². The van der Waals surface area contributed by atoms with Crippen LogP contribution >= 0.6 is 0 Å². The molecule has 112 valence electrons. The third-order valence-electron chi connectivity index (χ3n) is 4.11. The lowest BCUT2D eigenvalue weighted by Crippen LogP contribution is -2.15. The van der Waals surface area contributed by atoms with Gasteiger partial charge in [-0.15, -0.1) is 0 Å². The summed E-state index contributed by atoms with van der Waals surface area (Å²) >= 11 is 0. The van der Waals surface area contributed by atoms with Crippen LogP contribution in [0.15, 0.2) is 35.5 Å². The molecular weight excluding hydrogens is 248 g/mol. The van der Waals surface area contributed by atoms with Gasteiger partial charge in [0.05, 0.1) is 13.0 Å². The van der Waals surface area contributed by atoms with Crippen LogP contribution in [0.3, 0.4) is 0 Å². The van der Waals surface area contributed by atoms with Crippen molar-refractivity contribution in [1.29, 1.82) is 0 Å². The molecule has 0 saturated carbocycles. The zero-order valence-electron chi connectivity index (χ0n) is 13.2. The van der Waals surface area contributed by atoms with Gasteiger partial charge in [0.25, 0.3) is 0 Å². The van der Waals surface area contributed by atoms with Gasteiger partial charge in [0.15, 0.2) is 0 Å². The fraction of sp³-hybridized carbons (Fsp3) is 0.611. The summed E-state index contributed by atoms with van der Waals surface area (Å²) in [5.74, 6) is -0.105. The Labute approximate surface area is 123 Å². The largest absolute Gasteiger partial charge is 0.469 e. The average molecular weight is 276 g/mol. The van der Waals surface area contributed by atoms with E-state index in [0.717, 1.165) is 25.7 Å². The monoisotopic (exact) mass is 276 g/mol. The van der Waals surface area contributed by atoms with E-state index in [2.05, 4.69) is 38.2 Å². The van der Waals surface area contributed by atoms with E-state index in [0.29, 0.717) is 0 Å². The molecule has 2 nitrogen and oxygen atoms in total. The zero-order valence-corrected chi connectivity index (χ0v) is 13.2. The van der Waals surface area contributed by atoms with E-state index in [1.165, 1.54) is 37.5 Å². The molecule has 1 rings (SSSR count). The first-order chi connectivity index (χ1) is 9.65. The molecule has 0 radical (unpaired) electrons. The first kappa shape index (κ1) is 16.7. The van der Waals surface area contributed by atoms with E-state index in [1.807, 2.05) is 0 Å². The summed E-state index contributed by atoms with van der Waals surface area (Å²) < 4.78 is 4.91. The van der Waals surface area contributed by atoms with Crippen molar-refractivity contribution < 1.29 is 9.53 Å². The highest BCUT2D eigenvalue weighted by Gasteiger charge is 2.17. The first-order valence-corrected chi connectivity index (χ1v) is 7.70. The number of carbonyl (C=O) groups is 1. The maximum atomic E-state index is 11.8. The maximum Gasteiger partial charge on any atom is 0.308 e.